The molecule has 0 heterocycles. The fourth-order valence-electron chi connectivity index (χ4n) is 0.923. The Labute approximate surface area is 125 Å². The van der Waals surface area contributed by atoms with Gasteiger partial charge in [-0.15, -0.1) is 0 Å². The minimum atomic E-state index is -1.55. The van der Waals surface area contributed by atoms with Crippen molar-refractivity contribution >= 4 is 11.9 Å². The van der Waals surface area contributed by atoms with Crippen molar-refractivity contribution < 1.29 is 29.6 Å². The molecule has 0 spiro atoms. The molecule has 1 unspecified atom stereocenters. The number of carboxylic acids is 2. The van der Waals surface area contributed by atoms with Crippen LogP contribution in [0, 0.1) is 0 Å². The highest BCUT2D eigenvalue weighted by Gasteiger charge is 2.12. The van der Waals surface area contributed by atoms with Crippen LogP contribution in [0.3, 0.4) is 0 Å². The van der Waals surface area contributed by atoms with E-state index >= 15 is 0 Å². The van der Waals surface area contributed by atoms with E-state index in [0.29, 0.717) is 25.3 Å². The Morgan fingerprint density at radius 1 is 1.19 bits per heavy atom. The lowest BCUT2D eigenvalue weighted by Gasteiger charge is -2.23. The Morgan fingerprint density at radius 3 is 1.90 bits per heavy atom. The number of aliphatic hydroxyl groups excluding tert-OH is 1. The third-order valence-corrected chi connectivity index (χ3v) is 1.85. The smallest absolute Gasteiger partial charge is 0.0897 e. The monoisotopic (exact) mass is 303 g/mol. The van der Waals surface area contributed by atoms with Gasteiger partial charge in [-0.1, -0.05) is 0 Å². The number of carbonyl (C=O) groups is 2. The summed E-state index contributed by atoms with van der Waals surface area (Å²) in [4.78, 5) is 18.8. The minimum absolute atomic E-state index is 0.0544. The van der Waals surface area contributed by atoms with Crippen LogP contribution in [0.25, 0.3) is 0 Å². The maximum Gasteiger partial charge on any atom is 0.0897 e. The Morgan fingerprint density at radius 2 is 1.62 bits per heavy atom. The summed E-state index contributed by atoms with van der Waals surface area (Å²) in [5.41, 5.74) is 0.0544. The van der Waals surface area contributed by atoms with Crippen LogP contribution < -0.4 is 15.5 Å². The Bertz CT molecular complexity index is 317. The van der Waals surface area contributed by atoms with Crippen molar-refractivity contribution in [1.82, 2.24) is 5.32 Å². The van der Waals surface area contributed by atoms with Gasteiger partial charge in [0.15, 0.2) is 0 Å². The van der Waals surface area contributed by atoms with E-state index in [2.05, 4.69) is 26.1 Å². The first-order valence-corrected chi connectivity index (χ1v) is 6.58. The van der Waals surface area contributed by atoms with E-state index in [1.54, 1.807) is 0 Å². The van der Waals surface area contributed by atoms with Crippen molar-refractivity contribution in [3.8, 4) is 0 Å². The summed E-state index contributed by atoms with van der Waals surface area (Å²) in [6.45, 7) is 11.1. The standard InChI is InChI=1S/C10H23NO2.C4H4O4/c1-8(2)13-7-9(12)6-11-10(3,4)5;5-3(6)1-2-4(7)8/h8-9,11-12H,6-7H2,1-5H3;1-2H,(H,5,6)(H,7,8)/p-2/b;2-1-. The van der Waals surface area contributed by atoms with E-state index < -0.39 is 18.0 Å². The number of carbonyl (C=O) groups excluding carboxylic acids is 2. The largest absolute Gasteiger partial charge is 0.545 e. The summed E-state index contributed by atoms with van der Waals surface area (Å²) in [6, 6.07) is 0. The fraction of sp³-hybridized carbons (Fsp3) is 0.714. The molecule has 0 fully saturated rings. The number of carboxylic acid groups (broad SMARTS) is 2. The van der Waals surface area contributed by atoms with Crippen LogP contribution in [0.15, 0.2) is 12.2 Å². The average Bonchev–Trinajstić information content (AvgIpc) is 2.31. The van der Waals surface area contributed by atoms with Crippen molar-refractivity contribution in [3.63, 3.8) is 0 Å². The van der Waals surface area contributed by atoms with Crippen molar-refractivity contribution in [1.29, 1.82) is 0 Å². The molecule has 0 rings (SSSR count). The lowest BCUT2D eigenvalue weighted by atomic mass is 10.1. The molecule has 0 bridgehead atoms. The molecule has 0 amide bonds. The maximum absolute atomic E-state index is 9.47. The van der Waals surface area contributed by atoms with Crippen LogP contribution in [-0.4, -0.2) is 47.9 Å². The van der Waals surface area contributed by atoms with Crippen LogP contribution in [-0.2, 0) is 14.3 Å². The predicted molar refractivity (Wildman–Crippen MR) is 74.0 cm³/mol. The van der Waals surface area contributed by atoms with Gasteiger partial charge in [-0.25, -0.2) is 0 Å². The number of nitrogens with one attached hydrogen (secondary N) is 1. The van der Waals surface area contributed by atoms with Crippen molar-refractivity contribution in [2.45, 2.75) is 52.4 Å². The predicted octanol–water partition coefficient (Wildman–Crippen LogP) is -1.80. The second kappa shape index (κ2) is 11.2. The van der Waals surface area contributed by atoms with E-state index in [0.717, 1.165) is 0 Å². The number of ether oxygens (including phenoxy) is 1. The van der Waals surface area contributed by atoms with Gasteiger partial charge in [-0.2, -0.15) is 0 Å². The molecular formula is C14H25NO6-2. The van der Waals surface area contributed by atoms with E-state index in [-0.39, 0.29) is 11.6 Å². The Kier molecular flexibility index (Phi) is 11.7. The molecular weight excluding hydrogens is 278 g/mol. The molecule has 0 aliphatic rings. The van der Waals surface area contributed by atoms with Gasteiger partial charge in [0.25, 0.3) is 0 Å². The summed E-state index contributed by atoms with van der Waals surface area (Å²) in [6.07, 6.45) is 0.538. The minimum Gasteiger partial charge on any atom is -0.545 e. The SMILES string of the molecule is CC(C)OCC(O)CNC(C)(C)C.O=C([O-])/C=C\C(=O)[O-]. The molecule has 7 heteroatoms. The molecule has 2 N–H and O–H groups in total. The van der Waals surface area contributed by atoms with Crippen LogP contribution in [0.4, 0.5) is 0 Å². The molecule has 0 radical (unpaired) electrons. The van der Waals surface area contributed by atoms with Gasteiger partial charge < -0.3 is 35.0 Å². The summed E-state index contributed by atoms with van der Waals surface area (Å²) in [5, 5.41) is 31.5. The third-order valence-electron chi connectivity index (χ3n) is 1.85. The molecule has 0 aromatic rings. The molecule has 124 valence electrons. The lowest BCUT2D eigenvalue weighted by molar-refractivity contribution is -0.301. The molecule has 21 heavy (non-hydrogen) atoms. The number of β-amino-alcohol motifs (C(OH)–C–C–N with tert-alkyl or cyclic N) is 1. The van der Waals surface area contributed by atoms with Gasteiger partial charge in [0, 0.05) is 12.1 Å². The number of aliphatic hydroxyl groups is 1. The van der Waals surface area contributed by atoms with Gasteiger partial charge >= 0.3 is 0 Å². The summed E-state index contributed by atoms with van der Waals surface area (Å²) < 4.78 is 5.28. The van der Waals surface area contributed by atoms with E-state index in [1.165, 1.54) is 0 Å². The maximum atomic E-state index is 9.47. The number of hydrogen-bond acceptors (Lipinski definition) is 7. The van der Waals surface area contributed by atoms with E-state index in [1.807, 2.05) is 13.8 Å². The molecule has 0 aromatic carbocycles. The van der Waals surface area contributed by atoms with Gasteiger partial charge in [0.2, 0.25) is 0 Å². The second-order valence-corrected chi connectivity index (χ2v) is 5.64. The lowest BCUT2D eigenvalue weighted by Crippen LogP contribution is -2.42. The first-order valence-electron chi connectivity index (χ1n) is 6.58. The third kappa shape index (κ3) is 24.0. The molecule has 1 atom stereocenters. The highest BCUT2D eigenvalue weighted by Crippen LogP contribution is 1.99. The fourth-order valence-corrected chi connectivity index (χ4v) is 0.923. The van der Waals surface area contributed by atoms with Gasteiger partial charge in [0.05, 0.1) is 30.8 Å². The molecule has 7 nitrogen and oxygen atoms in total. The van der Waals surface area contributed by atoms with Gasteiger partial charge in [0.1, 0.15) is 0 Å². The number of rotatable bonds is 7. The first-order chi connectivity index (χ1) is 9.44. The van der Waals surface area contributed by atoms with Crippen LogP contribution in [0.5, 0.6) is 0 Å². The molecule has 0 aromatic heterocycles. The van der Waals surface area contributed by atoms with Crippen molar-refractivity contribution in [2.75, 3.05) is 13.2 Å². The average molecular weight is 303 g/mol. The summed E-state index contributed by atoms with van der Waals surface area (Å²) >= 11 is 0. The second-order valence-electron chi connectivity index (χ2n) is 5.64. The molecule has 0 saturated carbocycles. The topological polar surface area (TPSA) is 122 Å². The normalized spacial score (nSPS) is 12.9. The van der Waals surface area contributed by atoms with Gasteiger partial charge in [-0.05, 0) is 46.8 Å². The van der Waals surface area contributed by atoms with E-state index in [9.17, 15) is 24.9 Å². The Balaban J connectivity index is 0. The van der Waals surface area contributed by atoms with Crippen LogP contribution >= 0.6 is 0 Å². The number of aliphatic carboxylic acids is 2. The highest BCUT2D eigenvalue weighted by atomic mass is 16.5. The molecule has 0 aliphatic heterocycles. The zero-order chi connectivity index (χ0) is 17.1. The quantitative estimate of drug-likeness (QED) is 0.532. The van der Waals surface area contributed by atoms with Crippen LogP contribution in [0.2, 0.25) is 0 Å². The first kappa shape index (κ1) is 21.9. The Hall–Kier alpha value is -1.44. The molecule has 0 aliphatic carbocycles. The van der Waals surface area contributed by atoms with Crippen molar-refractivity contribution in [3.05, 3.63) is 12.2 Å². The summed E-state index contributed by atoms with van der Waals surface area (Å²) in [7, 11) is 0. The van der Waals surface area contributed by atoms with E-state index in [4.69, 9.17) is 4.74 Å². The number of hydrogen-bond donors (Lipinski definition) is 2. The zero-order valence-corrected chi connectivity index (χ0v) is 13.2. The summed E-state index contributed by atoms with van der Waals surface area (Å²) in [5.74, 6) is -3.09. The van der Waals surface area contributed by atoms with Crippen LogP contribution in [0.1, 0.15) is 34.6 Å². The highest BCUT2D eigenvalue weighted by molar-refractivity contribution is 5.87. The zero-order valence-electron chi connectivity index (χ0n) is 13.2. The molecule has 0 saturated heterocycles. The van der Waals surface area contributed by atoms with Crippen molar-refractivity contribution in [2.24, 2.45) is 0 Å². The van der Waals surface area contributed by atoms with Gasteiger partial charge in [-0.3, -0.25) is 0 Å².